The number of nitrogens with one attached hydrogen (secondary N) is 1. The average molecular weight is 302 g/mol. The molecule has 0 aliphatic heterocycles. The van der Waals surface area contributed by atoms with Gasteiger partial charge in [-0.15, -0.1) is 0 Å². The van der Waals surface area contributed by atoms with E-state index in [0.717, 1.165) is 44.5 Å². The average Bonchev–Trinajstić information content (AvgIpc) is 2.41. The third-order valence-corrected chi connectivity index (χ3v) is 3.88. The van der Waals surface area contributed by atoms with Crippen LogP contribution in [0, 0.1) is 18.7 Å². The van der Waals surface area contributed by atoms with Crippen molar-refractivity contribution in [2.45, 2.75) is 33.1 Å². The Balaban J connectivity index is 2.30. The number of ether oxygens (including phenoxy) is 1. The molecule has 0 heterocycles. The smallest absolute Gasteiger partial charge is 0.127 e. The number of hydrogen-bond acceptors (Lipinski definition) is 2. The SMILES string of the molecule is COCCNCCC(C)CCc1cc(C)c(F)cc1Cl. The van der Waals surface area contributed by atoms with E-state index in [1.807, 2.05) is 6.07 Å². The molecule has 0 aliphatic rings. The second kappa shape index (κ2) is 9.32. The van der Waals surface area contributed by atoms with Gasteiger partial charge in [-0.05, 0) is 55.8 Å². The highest BCUT2D eigenvalue weighted by Gasteiger charge is 2.08. The Morgan fingerprint density at radius 2 is 2.05 bits per heavy atom. The lowest BCUT2D eigenvalue weighted by Crippen LogP contribution is -2.21. The van der Waals surface area contributed by atoms with Gasteiger partial charge < -0.3 is 10.1 Å². The Kier molecular flexibility index (Phi) is 8.12. The normalized spacial score (nSPS) is 12.7. The van der Waals surface area contributed by atoms with Crippen LogP contribution < -0.4 is 5.32 Å². The second-order valence-electron chi connectivity index (χ2n) is 5.37. The third kappa shape index (κ3) is 6.21. The third-order valence-electron chi connectivity index (χ3n) is 3.53. The van der Waals surface area contributed by atoms with Gasteiger partial charge in [-0.25, -0.2) is 4.39 Å². The van der Waals surface area contributed by atoms with Crippen LogP contribution in [-0.2, 0) is 11.2 Å². The van der Waals surface area contributed by atoms with E-state index in [1.54, 1.807) is 14.0 Å². The van der Waals surface area contributed by atoms with Crippen molar-refractivity contribution in [3.8, 4) is 0 Å². The van der Waals surface area contributed by atoms with Crippen molar-refractivity contribution < 1.29 is 9.13 Å². The van der Waals surface area contributed by atoms with Gasteiger partial charge >= 0.3 is 0 Å². The number of halogens is 2. The summed E-state index contributed by atoms with van der Waals surface area (Å²) >= 11 is 6.08. The Labute approximate surface area is 126 Å². The zero-order valence-electron chi connectivity index (χ0n) is 12.6. The van der Waals surface area contributed by atoms with Crippen molar-refractivity contribution in [1.29, 1.82) is 0 Å². The van der Waals surface area contributed by atoms with Crippen molar-refractivity contribution in [3.63, 3.8) is 0 Å². The maximum Gasteiger partial charge on any atom is 0.127 e. The van der Waals surface area contributed by atoms with Crippen molar-refractivity contribution in [3.05, 3.63) is 34.1 Å². The molecule has 1 atom stereocenters. The van der Waals surface area contributed by atoms with Crippen LogP contribution in [0.4, 0.5) is 4.39 Å². The van der Waals surface area contributed by atoms with E-state index in [-0.39, 0.29) is 5.82 Å². The Morgan fingerprint density at radius 1 is 1.30 bits per heavy atom. The van der Waals surface area contributed by atoms with Gasteiger partial charge in [-0.2, -0.15) is 0 Å². The van der Waals surface area contributed by atoms with Crippen molar-refractivity contribution in [1.82, 2.24) is 5.32 Å². The number of methoxy groups -OCH3 is 1. The van der Waals surface area contributed by atoms with Gasteiger partial charge in [0, 0.05) is 18.7 Å². The molecular weight excluding hydrogens is 277 g/mol. The standard InChI is InChI=1S/C16H25ClFNO/c1-12(6-7-19-8-9-20-3)4-5-14-10-13(2)16(18)11-15(14)17/h10-12,19H,4-9H2,1-3H3. The highest BCUT2D eigenvalue weighted by atomic mass is 35.5. The molecule has 0 spiro atoms. The lowest BCUT2D eigenvalue weighted by molar-refractivity contribution is 0.199. The summed E-state index contributed by atoms with van der Waals surface area (Å²) in [6.45, 7) is 6.66. The molecule has 1 aromatic carbocycles. The summed E-state index contributed by atoms with van der Waals surface area (Å²) in [5.41, 5.74) is 1.71. The largest absolute Gasteiger partial charge is 0.383 e. The monoisotopic (exact) mass is 301 g/mol. The fraction of sp³-hybridized carbons (Fsp3) is 0.625. The van der Waals surface area contributed by atoms with Gasteiger partial charge in [-0.3, -0.25) is 0 Å². The molecule has 1 unspecified atom stereocenters. The van der Waals surface area contributed by atoms with Crippen molar-refractivity contribution in [2.75, 3.05) is 26.8 Å². The molecule has 1 N–H and O–H groups in total. The first-order valence-corrected chi connectivity index (χ1v) is 7.56. The van der Waals surface area contributed by atoms with Crippen LogP contribution in [0.1, 0.15) is 30.9 Å². The van der Waals surface area contributed by atoms with E-state index < -0.39 is 0 Å². The van der Waals surface area contributed by atoms with Gasteiger partial charge in [-0.1, -0.05) is 24.6 Å². The minimum atomic E-state index is -0.228. The molecule has 0 saturated heterocycles. The first-order chi connectivity index (χ1) is 9.54. The molecule has 0 radical (unpaired) electrons. The second-order valence-corrected chi connectivity index (χ2v) is 5.78. The summed E-state index contributed by atoms with van der Waals surface area (Å²) < 4.78 is 18.3. The summed E-state index contributed by atoms with van der Waals surface area (Å²) in [7, 11) is 1.71. The Hall–Kier alpha value is -0.640. The molecule has 0 saturated carbocycles. The number of hydrogen-bond donors (Lipinski definition) is 1. The quantitative estimate of drug-likeness (QED) is 0.697. The van der Waals surface area contributed by atoms with E-state index in [4.69, 9.17) is 16.3 Å². The summed E-state index contributed by atoms with van der Waals surface area (Å²) in [6.07, 6.45) is 3.09. The number of aryl methyl sites for hydroxylation is 2. The summed E-state index contributed by atoms with van der Waals surface area (Å²) in [5, 5.41) is 3.88. The highest BCUT2D eigenvalue weighted by molar-refractivity contribution is 6.31. The fourth-order valence-corrected chi connectivity index (χ4v) is 2.35. The van der Waals surface area contributed by atoms with Crippen LogP contribution in [0.25, 0.3) is 0 Å². The minimum absolute atomic E-state index is 0.228. The van der Waals surface area contributed by atoms with E-state index in [9.17, 15) is 4.39 Å². The lowest BCUT2D eigenvalue weighted by Gasteiger charge is -2.13. The molecule has 1 aromatic rings. The Morgan fingerprint density at radius 3 is 2.75 bits per heavy atom. The van der Waals surface area contributed by atoms with Crippen LogP contribution in [0.2, 0.25) is 5.02 Å². The lowest BCUT2D eigenvalue weighted by atomic mass is 9.97. The molecule has 1 rings (SSSR count). The first kappa shape index (κ1) is 17.4. The number of rotatable bonds is 9. The first-order valence-electron chi connectivity index (χ1n) is 7.18. The van der Waals surface area contributed by atoms with Crippen LogP contribution in [0.5, 0.6) is 0 Å². The van der Waals surface area contributed by atoms with E-state index >= 15 is 0 Å². The van der Waals surface area contributed by atoms with Crippen molar-refractivity contribution >= 4 is 11.6 Å². The topological polar surface area (TPSA) is 21.3 Å². The van der Waals surface area contributed by atoms with E-state index in [0.29, 0.717) is 16.5 Å². The molecule has 2 nitrogen and oxygen atoms in total. The molecule has 0 fully saturated rings. The predicted octanol–water partition coefficient (Wildman–Crippen LogP) is 3.98. The van der Waals surface area contributed by atoms with Crippen LogP contribution >= 0.6 is 11.6 Å². The fourth-order valence-electron chi connectivity index (χ4n) is 2.10. The molecule has 20 heavy (non-hydrogen) atoms. The molecule has 4 heteroatoms. The maximum absolute atomic E-state index is 13.3. The molecule has 0 amide bonds. The zero-order valence-corrected chi connectivity index (χ0v) is 13.4. The predicted molar refractivity (Wildman–Crippen MR) is 83.0 cm³/mol. The van der Waals surface area contributed by atoms with Crippen LogP contribution in [-0.4, -0.2) is 26.8 Å². The van der Waals surface area contributed by atoms with Crippen molar-refractivity contribution in [2.24, 2.45) is 5.92 Å². The van der Waals surface area contributed by atoms with Crippen LogP contribution in [0.3, 0.4) is 0 Å². The van der Waals surface area contributed by atoms with Gasteiger partial charge in [0.25, 0.3) is 0 Å². The molecular formula is C16H25ClFNO. The minimum Gasteiger partial charge on any atom is -0.383 e. The van der Waals surface area contributed by atoms with E-state index in [2.05, 4.69) is 12.2 Å². The highest BCUT2D eigenvalue weighted by Crippen LogP contribution is 2.23. The van der Waals surface area contributed by atoms with Gasteiger partial charge in [0.1, 0.15) is 5.82 Å². The molecule has 0 bridgehead atoms. The maximum atomic E-state index is 13.3. The van der Waals surface area contributed by atoms with Crippen LogP contribution in [0.15, 0.2) is 12.1 Å². The van der Waals surface area contributed by atoms with Gasteiger partial charge in [0.2, 0.25) is 0 Å². The molecule has 114 valence electrons. The Bertz CT molecular complexity index is 412. The summed E-state index contributed by atoms with van der Waals surface area (Å²) in [6, 6.07) is 3.28. The van der Waals surface area contributed by atoms with E-state index in [1.165, 1.54) is 6.07 Å². The number of benzene rings is 1. The molecule has 0 aliphatic carbocycles. The van der Waals surface area contributed by atoms with Gasteiger partial charge in [0.15, 0.2) is 0 Å². The summed E-state index contributed by atoms with van der Waals surface area (Å²) in [4.78, 5) is 0. The van der Waals surface area contributed by atoms with Gasteiger partial charge in [0.05, 0.1) is 6.61 Å². The molecule has 0 aromatic heterocycles. The zero-order chi connectivity index (χ0) is 15.0. The summed E-state index contributed by atoms with van der Waals surface area (Å²) in [5.74, 6) is 0.389.